The second kappa shape index (κ2) is 4.18. The SMILES string of the molecule is Cc1ccc(C2=NCC(C)CC2)cc1C. The maximum absolute atomic E-state index is 4.67. The standard InChI is InChI=1S/C14H19N/c1-10-4-7-14(15-9-10)13-6-5-11(2)12(3)8-13/h5-6,8,10H,4,7,9H2,1-3H3. The lowest BCUT2D eigenvalue weighted by molar-refractivity contribution is 0.538. The summed E-state index contributed by atoms with van der Waals surface area (Å²) in [4.78, 5) is 4.67. The lowest BCUT2D eigenvalue weighted by Crippen LogP contribution is -2.14. The van der Waals surface area contributed by atoms with Crippen molar-refractivity contribution >= 4 is 5.71 Å². The van der Waals surface area contributed by atoms with E-state index in [2.05, 4.69) is 44.0 Å². The summed E-state index contributed by atoms with van der Waals surface area (Å²) in [5.41, 5.74) is 5.36. The van der Waals surface area contributed by atoms with Gasteiger partial charge in [0.1, 0.15) is 0 Å². The lowest BCUT2D eigenvalue weighted by atomic mass is 9.94. The average molecular weight is 201 g/mol. The van der Waals surface area contributed by atoms with Crippen molar-refractivity contribution in [2.45, 2.75) is 33.6 Å². The molecule has 0 N–H and O–H groups in total. The first-order valence-corrected chi connectivity index (χ1v) is 5.78. The quantitative estimate of drug-likeness (QED) is 0.659. The Bertz CT molecular complexity index is 390. The van der Waals surface area contributed by atoms with Gasteiger partial charge in [-0.1, -0.05) is 19.1 Å². The van der Waals surface area contributed by atoms with Crippen LogP contribution in [0.3, 0.4) is 0 Å². The Hall–Kier alpha value is -1.11. The van der Waals surface area contributed by atoms with Crippen LogP contribution in [0.4, 0.5) is 0 Å². The molecule has 1 atom stereocenters. The van der Waals surface area contributed by atoms with Crippen molar-refractivity contribution in [3.63, 3.8) is 0 Å². The summed E-state index contributed by atoms with van der Waals surface area (Å²) in [6.07, 6.45) is 2.43. The number of aliphatic imine (C=N–C) groups is 1. The smallest absolute Gasteiger partial charge is 0.0420 e. The summed E-state index contributed by atoms with van der Waals surface area (Å²) in [6.45, 7) is 7.61. The van der Waals surface area contributed by atoms with Crippen LogP contribution in [0.15, 0.2) is 23.2 Å². The molecule has 1 aliphatic heterocycles. The minimum absolute atomic E-state index is 0.764. The van der Waals surface area contributed by atoms with Crippen LogP contribution in [0, 0.1) is 19.8 Å². The Morgan fingerprint density at radius 2 is 2.00 bits per heavy atom. The fourth-order valence-electron chi connectivity index (χ4n) is 1.98. The molecule has 1 aliphatic rings. The summed E-state index contributed by atoms with van der Waals surface area (Å²) in [5, 5.41) is 0. The lowest BCUT2D eigenvalue weighted by Gasteiger charge is -2.18. The fraction of sp³-hybridized carbons (Fsp3) is 0.500. The molecule has 0 saturated heterocycles. The van der Waals surface area contributed by atoms with Crippen molar-refractivity contribution in [2.75, 3.05) is 6.54 Å². The number of aryl methyl sites for hydroxylation is 2. The van der Waals surface area contributed by atoms with E-state index in [4.69, 9.17) is 0 Å². The van der Waals surface area contributed by atoms with Crippen LogP contribution < -0.4 is 0 Å². The van der Waals surface area contributed by atoms with Crippen molar-refractivity contribution in [1.29, 1.82) is 0 Å². The highest BCUT2D eigenvalue weighted by Gasteiger charge is 2.12. The number of nitrogens with zero attached hydrogens (tertiary/aromatic N) is 1. The molecule has 15 heavy (non-hydrogen) atoms. The van der Waals surface area contributed by atoms with E-state index in [1.165, 1.54) is 28.8 Å². The van der Waals surface area contributed by atoms with Crippen molar-refractivity contribution in [3.05, 3.63) is 34.9 Å². The molecular formula is C14H19N. The van der Waals surface area contributed by atoms with Crippen LogP contribution in [-0.2, 0) is 0 Å². The average Bonchev–Trinajstić information content (AvgIpc) is 2.23. The minimum Gasteiger partial charge on any atom is -0.289 e. The van der Waals surface area contributed by atoms with Crippen molar-refractivity contribution in [2.24, 2.45) is 10.9 Å². The van der Waals surface area contributed by atoms with Crippen LogP contribution in [0.5, 0.6) is 0 Å². The van der Waals surface area contributed by atoms with Crippen LogP contribution in [-0.4, -0.2) is 12.3 Å². The Kier molecular flexibility index (Phi) is 2.90. The van der Waals surface area contributed by atoms with Gasteiger partial charge < -0.3 is 0 Å². The molecule has 1 unspecified atom stereocenters. The van der Waals surface area contributed by atoms with Gasteiger partial charge in [0.15, 0.2) is 0 Å². The van der Waals surface area contributed by atoms with E-state index in [0.29, 0.717) is 0 Å². The molecule has 0 spiro atoms. The molecule has 0 amide bonds. The number of rotatable bonds is 1. The molecule has 0 radical (unpaired) electrons. The summed E-state index contributed by atoms with van der Waals surface area (Å²) in [6, 6.07) is 6.67. The fourth-order valence-corrected chi connectivity index (χ4v) is 1.98. The molecule has 1 nitrogen and oxygen atoms in total. The van der Waals surface area contributed by atoms with Gasteiger partial charge in [0, 0.05) is 12.3 Å². The van der Waals surface area contributed by atoms with Crippen LogP contribution in [0.2, 0.25) is 0 Å². The maximum Gasteiger partial charge on any atom is 0.0420 e. The third-order valence-electron chi connectivity index (χ3n) is 3.31. The third-order valence-corrected chi connectivity index (χ3v) is 3.31. The molecule has 1 aromatic carbocycles. The molecule has 0 fully saturated rings. The van der Waals surface area contributed by atoms with Gasteiger partial charge in [-0.05, 0) is 55.4 Å². The zero-order valence-electron chi connectivity index (χ0n) is 9.88. The first-order chi connectivity index (χ1) is 7.16. The summed E-state index contributed by atoms with van der Waals surface area (Å²) >= 11 is 0. The number of hydrogen-bond donors (Lipinski definition) is 0. The number of benzene rings is 1. The zero-order valence-corrected chi connectivity index (χ0v) is 9.88. The van der Waals surface area contributed by atoms with Crippen LogP contribution in [0.1, 0.15) is 36.5 Å². The molecule has 80 valence electrons. The Morgan fingerprint density at radius 1 is 1.20 bits per heavy atom. The van der Waals surface area contributed by atoms with E-state index in [9.17, 15) is 0 Å². The van der Waals surface area contributed by atoms with Gasteiger partial charge in [0.2, 0.25) is 0 Å². The highest BCUT2D eigenvalue weighted by molar-refractivity contribution is 6.01. The van der Waals surface area contributed by atoms with Gasteiger partial charge in [-0.25, -0.2) is 0 Å². The first kappa shape index (κ1) is 10.4. The van der Waals surface area contributed by atoms with Crippen molar-refractivity contribution < 1.29 is 0 Å². The molecular weight excluding hydrogens is 182 g/mol. The normalized spacial score (nSPS) is 21.3. The molecule has 1 heteroatoms. The monoisotopic (exact) mass is 201 g/mol. The molecule has 0 aromatic heterocycles. The van der Waals surface area contributed by atoms with E-state index >= 15 is 0 Å². The summed E-state index contributed by atoms with van der Waals surface area (Å²) < 4.78 is 0. The van der Waals surface area contributed by atoms with E-state index < -0.39 is 0 Å². The minimum atomic E-state index is 0.764. The van der Waals surface area contributed by atoms with Gasteiger partial charge in [-0.15, -0.1) is 0 Å². The van der Waals surface area contributed by atoms with Gasteiger partial charge in [-0.3, -0.25) is 4.99 Å². The molecule has 1 aromatic rings. The van der Waals surface area contributed by atoms with Gasteiger partial charge in [-0.2, -0.15) is 0 Å². The Morgan fingerprint density at radius 3 is 2.60 bits per heavy atom. The zero-order chi connectivity index (χ0) is 10.8. The topological polar surface area (TPSA) is 12.4 Å². The van der Waals surface area contributed by atoms with E-state index in [0.717, 1.165) is 18.9 Å². The van der Waals surface area contributed by atoms with Crippen LogP contribution in [0.25, 0.3) is 0 Å². The predicted octanol–water partition coefficient (Wildman–Crippen LogP) is 3.52. The molecule has 0 bridgehead atoms. The van der Waals surface area contributed by atoms with Gasteiger partial charge >= 0.3 is 0 Å². The van der Waals surface area contributed by atoms with Gasteiger partial charge in [0.25, 0.3) is 0 Å². The van der Waals surface area contributed by atoms with Gasteiger partial charge in [0.05, 0.1) is 0 Å². The number of hydrogen-bond acceptors (Lipinski definition) is 1. The van der Waals surface area contributed by atoms with Crippen LogP contribution >= 0.6 is 0 Å². The van der Waals surface area contributed by atoms with E-state index in [1.807, 2.05) is 0 Å². The highest BCUT2D eigenvalue weighted by atomic mass is 14.8. The summed E-state index contributed by atoms with van der Waals surface area (Å²) in [7, 11) is 0. The second-order valence-corrected chi connectivity index (χ2v) is 4.73. The molecule has 2 rings (SSSR count). The first-order valence-electron chi connectivity index (χ1n) is 5.78. The molecule has 0 aliphatic carbocycles. The largest absolute Gasteiger partial charge is 0.289 e. The Balaban J connectivity index is 2.26. The maximum atomic E-state index is 4.67. The second-order valence-electron chi connectivity index (χ2n) is 4.73. The Labute approximate surface area is 92.2 Å². The predicted molar refractivity (Wildman–Crippen MR) is 65.7 cm³/mol. The summed E-state index contributed by atoms with van der Waals surface area (Å²) in [5.74, 6) is 0.764. The highest BCUT2D eigenvalue weighted by Crippen LogP contribution is 2.19. The molecule has 1 heterocycles. The van der Waals surface area contributed by atoms with Crippen molar-refractivity contribution in [3.8, 4) is 0 Å². The van der Waals surface area contributed by atoms with Crippen molar-refractivity contribution in [1.82, 2.24) is 0 Å². The van der Waals surface area contributed by atoms with E-state index in [-0.39, 0.29) is 0 Å². The third kappa shape index (κ3) is 2.28. The molecule has 0 saturated carbocycles. The van der Waals surface area contributed by atoms with E-state index in [1.54, 1.807) is 0 Å².